The summed E-state index contributed by atoms with van der Waals surface area (Å²) in [5.41, 5.74) is 2.42. The second-order valence-corrected chi connectivity index (χ2v) is 4.19. The van der Waals surface area contributed by atoms with Gasteiger partial charge in [0.1, 0.15) is 6.33 Å². The van der Waals surface area contributed by atoms with Crippen LogP contribution >= 0.6 is 0 Å². The van der Waals surface area contributed by atoms with Crippen LogP contribution in [-0.2, 0) is 31.5 Å². The van der Waals surface area contributed by atoms with Gasteiger partial charge in [0.25, 0.3) is 0 Å². The van der Waals surface area contributed by atoms with E-state index in [1.807, 2.05) is 13.1 Å². The van der Waals surface area contributed by atoms with Crippen molar-refractivity contribution in [2.75, 3.05) is 7.11 Å². The molecular formula is C13H18N4O. The van der Waals surface area contributed by atoms with E-state index in [-0.39, 0.29) is 0 Å². The van der Waals surface area contributed by atoms with Crippen molar-refractivity contribution in [2.24, 2.45) is 7.05 Å². The number of methoxy groups -OCH3 is 1. The first-order valence-electron chi connectivity index (χ1n) is 5.90. The molecule has 18 heavy (non-hydrogen) atoms. The monoisotopic (exact) mass is 246 g/mol. The molecule has 1 heterocycles. The summed E-state index contributed by atoms with van der Waals surface area (Å²) in [6, 6.07) is 8.35. The topological polar surface area (TPSA) is 52.0 Å². The molecule has 0 aliphatic heterocycles. The van der Waals surface area contributed by atoms with E-state index in [1.165, 1.54) is 11.1 Å². The summed E-state index contributed by atoms with van der Waals surface area (Å²) in [6.45, 7) is 2.13. The van der Waals surface area contributed by atoms with E-state index in [9.17, 15) is 0 Å². The minimum atomic E-state index is 0.648. The maximum absolute atomic E-state index is 5.12. The molecule has 0 aliphatic carbocycles. The molecule has 1 N–H and O–H groups in total. The van der Waals surface area contributed by atoms with Gasteiger partial charge < -0.3 is 10.1 Å². The van der Waals surface area contributed by atoms with E-state index in [0.717, 1.165) is 12.4 Å². The predicted octanol–water partition coefficient (Wildman–Crippen LogP) is 1.25. The summed E-state index contributed by atoms with van der Waals surface area (Å²) in [6.07, 6.45) is 1.70. The van der Waals surface area contributed by atoms with Crippen molar-refractivity contribution in [3.05, 3.63) is 47.5 Å². The molecule has 0 saturated carbocycles. The minimum Gasteiger partial charge on any atom is -0.380 e. The Morgan fingerprint density at radius 3 is 2.83 bits per heavy atom. The molecule has 5 heteroatoms. The number of aryl methyl sites for hydroxylation is 1. The molecule has 1 aromatic carbocycles. The van der Waals surface area contributed by atoms with Crippen LogP contribution in [0.5, 0.6) is 0 Å². The standard InChI is InChI=1S/C13H18N4O/c1-17-10-15-13(16-17)8-14-7-11-4-3-5-12(6-11)9-18-2/h3-6,10,14H,7-9H2,1-2H3. The van der Waals surface area contributed by atoms with Gasteiger partial charge in [0.2, 0.25) is 0 Å². The first-order valence-corrected chi connectivity index (χ1v) is 5.90. The Labute approximate surface area is 107 Å². The number of aromatic nitrogens is 3. The normalized spacial score (nSPS) is 10.8. The van der Waals surface area contributed by atoms with Crippen molar-refractivity contribution in [1.29, 1.82) is 0 Å². The molecule has 1 aromatic heterocycles. The summed E-state index contributed by atoms with van der Waals surface area (Å²) in [5.74, 6) is 0.811. The molecule has 2 rings (SSSR count). The van der Waals surface area contributed by atoms with Crippen molar-refractivity contribution in [2.45, 2.75) is 19.7 Å². The molecule has 0 atom stereocenters. The average Bonchev–Trinajstić information content (AvgIpc) is 2.76. The highest BCUT2D eigenvalue weighted by Gasteiger charge is 1.99. The lowest BCUT2D eigenvalue weighted by molar-refractivity contribution is 0.185. The van der Waals surface area contributed by atoms with E-state index in [1.54, 1.807) is 18.1 Å². The molecule has 0 bridgehead atoms. The summed E-state index contributed by atoms with van der Waals surface area (Å²) < 4.78 is 6.82. The van der Waals surface area contributed by atoms with Crippen LogP contribution in [0, 0.1) is 0 Å². The van der Waals surface area contributed by atoms with Crippen LogP contribution in [0.4, 0.5) is 0 Å². The van der Waals surface area contributed by atoms with Gasteiger partial charge in [0.15, 0.2) is 5.82 Å². The number of hydrogen-bond donors (Lipinski definition) is 1. The molecule has 0 fully saturated rings. The van der Waals surface area contributed by atoms with Crippen molar-refractivity contribution < 1.29 is 4.74 Å². The van der Waals surface area contributed by atoms with Crippen LogP contribution in [0.25, 0.3) is 0 Å². The maximum atomic E-state index is 5.12. The van der Waals surface area contributed by atoms with Gasteiger partial charge in [-0.25, -0.2) is 4.98 Å². The van der Waals surface area contributed by atoms with Gasteiger partial charge in [0, 0.05) is 20.7 Å². The molecule has 0 aliphatic rings. The van der Waals surface area contributed by atoms with E-state index in [4.69, 9.17) is 4.74 Å². The van der Waals surface area contributed by atoms with Gasteiger partial charge in [-0.1, -0.05) is 24.3 Å². The molecule has 0 spiro atoms. The van der Waals surface area contributed by atoms with Crippen LogP contribution in [0.1, 0.15) is 17.0 Å². The molecule has 5 nitrogen and oxygen atoms in total. The minimum absolute atomic E-state index is 0.648. The van der Waals surface area contributed by atoms with Gasteiger partial charge in [-0.3, -0.25) is 4.68 Å². The van der Waals surface area contributed by atoms with Gasteiger partial charge in [-0.15, -0.1) is 0 Å². The largest absolute Gasteiger partial charge is 0.380 e. The second kappa shape index (κ2) is 6.28. The van der Waals surface area contributed by atoms with Crippen LogP contribution < -0.4 is 5.32 Å². The molecule has 2 aromatic rings. The average molecular weight is 246 g/mol. The number of rotatable bonds is 6. The zero-order chi connectivity index (χ0) is 12.8. The smallest absolute Gasteiger partial charge is 0.164 e. The Kier molecular flexibility index (Phi) is 4.44. The quantitative estimate of drug-likeness (QED) is 0.833. The lowest BCUT2D eigenvalue weighted by Gasteiger charge is -2.05. The summed E-state index contributed by atoms with van der Waals surface area (Å²) in [7, 11) is 3.57. The highest BCUT2D eigenvalue weighted by molar-refractivity contribution is 5.22. The Bertz CT molecular complexity index is 495. The molecule has 0 saturated heterocycles. The van der Waals surface area contributed by atoms with E-state index < -0.39 is 0 Å². The van der Waals surface area contributed by atoms with Gasteiger partial charge in [0.05, 0.1) is 13.2 Å². The zero-order valence-corrected chi connectivity index (χ0v) is 10.8. The van der Waals surface area contributed by atoms with Gasteiger partial charge in [-0.2, -0.15) is 5.10 Å². The fraction of sp³-hybridized carbons (Fsp3) is 0.385. The molecular weight excluding hydrogens is 228 g/mol. The van der Waals surface area contributed by atoms with Gasteiger partial charge in [-0.05, 0) is 11.1 Å². The lowest BCUT2D eigenvalue weighted by atomic mass is 10.1. The Morgan fingerprint density at radius 1 is 1.28 bits per heavy atom. The number of hydrogen-bond acceptors (Lipinski definition) is 4. The van der Waals surface area contributed by atoms with Gasteiger partial charge >= 0.3 is 0 Å². The molecule has 0 amide bonds. The third-order valence-electron chi connectivity index (χ3n) is 2.56. The lowest BCUT2D eigenvalue weighted by Crippen LogP contribution is -2.14. The Hall–Kier alpha value is -1.72. The Balaban J connectivity index is 1.84. The zero-order valence-electron chi connectivity index (χ0n) is 10.8. The van der Waals surface area contributed by atoms with Crippen molar-refractivity contribution in [1.82, 2.24) is 20.1 Å². The third kappa shape index (κ3) is 3.65. The van der Waals surface area contributed by atoms with Crippen molar-refractivity contribution in [3.63, 3.8) is 0 Å². The van der Waals surface area contributed by atoms with Crippen LogP contribution in [-0.4, -0.2) is 21.9 Å². The fourth-order valence-electron chi connectivity index (χ4n) is 1.78. The van der Waals surface area contributed by atoms with Crippen molar-refractivity contribution >= 4 is 0 Å². The molecule has 96 valence electrons. The first-order chi connectivity index (χ1) is 8.78. The fourth-order valence-corrected chi connectivity index (χ4v) is 1.78. The summed E-state index contributed by atoms with van der Waals surface area (Å²) >= 11 is 0. The maximum Gasteiger partial charge on any atom is 0.164 e. The highest BCUT2D eigenvalue weighted by atomic mass is 16.5. The number of nitrogens with one attached hydrogen (secondary N) is 1. The van der Waals surface area contributed by atoms with E-state index in [0.29, 0.717) is 13.2 Å². The summed E-state index contributed by atoms with van der Waals surface area (Å²) in [5, 5.41) is 7.53. The Morgan fingerprint density at radius 2 is 2.11 bits per heavy atom. The first kappa shape index (κ1) is 12.7. The van der Waals surface area contributed by atoms with Crippen LogP contribution in [0.2, 0.25) is 0 Å². The number of ether oxygens (including phenoxy) is 1. The van der Waals surface area contributed by atoms with Crippen molar-refractivity contribution in [3.8, 4) is 0 Å². The van der Waals surface area contributed by atoms with Crippen LogP contribution in [0.15, 0.2) is 30.6 Å². The van der Waals surface area contributed by atoms with E-state index in [2.05, 4.69) is 33.6 Å². The predicted molar refractivity (Wildman–Crippen MR) is 68.7 cm³/mol. The molecule has 0 radical (unpaired) electrons. The van der Waals surface area contributed by atoms with Crippen LogP contribution in [0.3, 0.4) is 0 Å². The van der Waals surface area contributed by atoms with E-state index >= 15 is 0 Å². The summed E-state index contributed by atoms with van der Waals surface area (Å²) in [4.78, 5) is 4.16. The third-order valence-corrected chi connectivity index (χ3v) is 2.56. The SMILES string of the molecule is COCc1cccc(CNCc2ncn(C)n2)c1. The number of benzene rings is 1. The highest BCUT2D eigenvalue weighted by Crippen LogP contribution is 2.06. The molecule has 0 unspecified atom stereocenters. The number of nitrogens with zero attached hydrogens (tertiary/aromatic N) is 3. The second-order valence-electron chi connectivity index (χ2n) is 4.19.